The number of hydrogen-bond donors (Lipinski definition) is 2. The van der Waals surface area contributed by atoms with Gasteiger partial charge in [-0.1, -0.05) is 29.8 Å². The van der Waals surface area contributed by atoms with Gasteiger partial charge in [0.1, 0.15) is 5.82 Å². The van der Waals surface area contributed by atoms with Gasteiger partial charge in [0.05, 0.1) is 24.1 Å². The first-order chi connectivity index (χ1) is 12.9. The highest BCUT2D eigenvalue weighted by molar-refractivity contribution is 5.90. The van der Waals surface area contributed by atoms with Crippen molar-refractivity contribution in [2.75, 3.05) is 11.1 Å². The fraction of sp³-hybridized carbons (Fsp3) is 0.286. The van der Waals surface area contributed by atoms with Crippen molar-refractivity contribution in [3.05, 3.63) is 70.7 Å². The van der Waals surface area contributed by atoms with E-state index in [1.54, 1.807) is 18.3 Å². The Balaban J connectivity index is 1.63. The molecule has 0 saturated carbocycles. The van der Waals surface area contributed by atoms with Crippen molar-refractivity contribution in [2.24, 2.45) is 0 Å². The van der Waals surface area contributed by atoms with Gasteiger partial charge < -0.3 is 11.1 Å². The summed E-state index contributed by atoms with van der Waals surface area (Å²) in [5.41, 5.74) is 11.9. The smallest absolute Gasteiger partial charge is 0.224 e. The molecular weight excluding hydrogens is 338 g/mol. The van der Waals surface area contributed by atoms with Gasteiger partial charge in [-0.2, -0.15) is 5.10 Å². The van der Waals surface area contributed by atoms with Crippen LogP contribution in [-0.2, 0) is 17.8 Å². The maximum Gasteiger partial charge on any atom is 0.224 e. The number of aryl methyl sites for hydroxylation is 2. The molecule has 0 radical (unpaired) electrons. The minimum absolute atomic E-state index is 0.0494. The third-order valence-corrected chi connectivity index (χ3v) is 4.66. The molecule has 3 aromatic rings. The van der Waals surface area contributed by atoms with Crippen molar-refractivity contribution >= 4 is 17.4 Å². The van der Waals surface area contributed by atoms with Gasteiger partial charge in [0.2, 0.25) is 5.91 Å². The highest BCUT2D eigenvalue weighted by Gasteiger charge is 2.13. The Labute approximate surface area is 159 Å². The first-order valence-electron chi connectivity index (χ1n) is 9.02. The molecule has 1 aromatic carbocycles. The predicted molar refractivity (Wildman–Crippen MR) is 108 cm³/mol. The maximum atomic E-state index is 12.2. The number of aromatic nitrogens is 3. The molecule has 1 amide bonds. The summed E-state index contributed by atoms with van der Waals surface area (Å²) >= 11 is 0. The van der Waals surface area contributed by atoms with E-state index in [4.69, 9.17) is 5.73 Å². The van der Waals surface area contributed by atoms with E-state index in [0.29, 0.717) is 24.3 Å². The average Bonchev–Trinajstić information content (AvgIpc) is 2.90. The van der Waals surface area contributed by atoms with Crippen LogP contribution in [-0.4, -0.2) is 20.7 Å². The van der Waals surface area contributed by atoms with E-state index in [1.165, 1.54) is 11.1 Å². The number of hydrogen-bond acceptors (Lipinski definition) is 4. The van der Waals surface area contributed by atoms with Gasteiger partial charge in [0.15, 0.2) is 0 Å². The summed E-state index contributed by atoms with van der Waals surface area (Å²) in [6.45, 7) is 6.87. The molecule has 0 atom stereocenters. The summed E-state index contributed by atoms with van der Waals surface area (Å²) < 4.78 is 2.01. The van der Waals surface area contributed by atoms with Gasteiger partial charge in [-0.05, 0) is 50.5 Å². The van der Waals surface area contributed by atoms with Crippen LogP contribution >= 0.6 is 0 Å². The topological polar surface area (TPSA) is 85.8 Å². The molecule has 140 valence electrons. The Morgan fingerprint density at radius 2 is 1.85 bits per heavy atom. The minimum Gasteiger partial charge on any atom is -0.384 e. The van der Waals surface area contributed by atoms with Gasteiger partial charge in [0, 0.05) is 12.1 Å². The molecule has 6 heteroatoms. The highest BCUT2D eigenvalue weighted by Crippen LogP contribution is 2.17. The molecule has 0 bridgehead atoms. The number of amides is 1. The van der Waals surface area contributed by atoms with Gasteiger partial charge in [-0.25, -0.2) is 4.98 Å². The predicted octanol–water partition coefficient (Wildman–Crippen LogP) is 3.41. The standard InChI is InChI=1S/C21H25N5O/c1-14-4-6-17(7-5-14)13-26-16(3)19(15(2)25-26)9-11-21(27)24-18-8-10-20(22)23-12-18/h4-8,10,12H,9,11,13H2,1-3H3,(H2,22,23)(H,24,27). The number of nitrogen functional groups attached to an aromatic ring is 1. The quantitative estimate of drug-likeness (QED) is 0.703. The molecule has 0 aliphatic carbocycles. The molecule has 6 nitrogen and oxygen atoms in total. The number of pyridine rings is 1. The van der Waals surface area contributed by atoms with E-state index in [2.05, 4.69) is 53.5 Å². The molecule has 2 heterocycles. The number of carbonyl (C=O) groups is 1. The SMILES string of the molecule is Cc1ccc(Cn2nc(C)c(CCC(=O)Nc3ccc(N)nc3)c2C)cc1. The molecule has 0 aliphatic rings. The molecule has 0 spiro atoms. The Hall–Kier alpha value is -3.15. The van der Waals surface area contributed by atoms with Crippen LogP contribution in [0.2, 0.25) is 0 Å². The molecule has 0 unspecified atom stereocenters. The number of anilines is 2. The number of rotatable bonds is 6. The summed E-state index contributed by atoms with van der Waals surface area (Å²) in [7, 11) is 0. The molecule has 0 fully saturated rings. The van der Waals surface area contributed by atoms with Crippen molar-refractivity contribution in [1.82, 2.24) is 14.8 Å². The number of nitrogens with zero attached hydrogens (tertiary/aromatic N) is 3. The van der Waals surface area contributed by atoms with Crippen LogP contribution in [0.5, 0.6) is 0 Å². The number of carbonyl (C=O) groups excluding carboxylic acids is 1. The minimum atomic E-state index is -0.0494. The number of nitrogens with two attached hydrogens (primary N) is 1. The zero-order chi connectivity index (χ0) is 19.4. The first kappa shape index (κ1) is 18.6. The lowest BCUT2D eigenvalue weighted by molar-refractivity contribution is -0.116. The summed E-state index contributed by atoms with van der Waals surface area (Å²) in [5.74, 6) is 0.381. The van der Waals surface area contributed by atoms with Crippen molar-refractivity contribution in [3.8, 4) is 0 Å². The van der Waals surface area contributed by atoms with Gasteiger partial charge in [-0.15, -0.1) is 0 Å². The second kappa shape index (κ2) is 8.03. The number of nitrogens with one attached hydrogen (secondary N) is 1. The van der Waals surface area contributed by atoms with Gasteiger partial charge in [0.25, 0.3) is 0 Å². The van der Waals surface area contributed by atoms with Crippen LogP contribution < -0.4 is 11.1 Å². The normalized spacial score (nSPS) is 10.8. The lowest BCUT2D eigenvalue weighted by atomic mass is 10.1. The van der Waals surface area contributed by atoms with Gasteiger partial charge >= 0.3 is 0 Å². The van der Waals surface area contributed by atoms with E-state index < -0.39 is 0 Å². The first-order valence-corrected chi connectivity index (χ1v) is 9.02. The van der Waals surface area contributed by atoms with Crippen molar-refractivity contribution in [2.45, 2.75) is 40.2 Å². The molecule has 2 aromatic heterocycles. The monoisotopic (exact) mass is 363 g/mol. The van der Waals surface area contributed by atoms with Crippen LogP contribution in [0, 0.1) is 20.8 Å². The van der Waals surface area contributed by atoms with Gasteiger partial charge in [-0.3, -0.25) is 9.48 Å². The summed E-state index contributed by atoms with van der Waals surface area (Å²) in [6, 6.07) is 11.9. The summed E-state index contributed by atoms with van der Waals surface area (Å²) in [5, 5.41) is 7.51. The molecule has 0 aliphatic heterocycles. The van der Waals surface area contributed by atoms with Crippen LogP contribution in [0.15, 0.2) is 42.6 Å². The van der Waals surface area contributed by atoms with E-state index in [1.807, 2.05) is 11.6 Å². The highest BCUT2D eigenvalue weighted by atomic mass is 16.1. The van der Waals surface area contributed by atoms with Crippen LogP contribution in [0.1, 0.15) is 34.5 Å². The molecular formula is C21H25N5O. The molecule has 0 saturated heterocycles. The Bertz CT molecular complexity index is 926. The van der Waals surface area contributed by atoms with Crippen LogP contribution in [0.25, 0.3) is 0 Å². The van der Waals surface area contributed by atoms with Crippen molar-refractivity contribution in [1.29, 1.82) is 0 Å². The maximum absolute atomic E-state index is 12.2. The van der Waals surface area contributed by atoms with Crippen LogP contribution in [0.3, 0.4) is 0 Å². The van der Waals surface area contributed by atoms with Crippen molar-refractivity contribution < 1.29 is 4.79 Å². The Kier molecular flexibility index (Phi) is 5.54. The van der Waals surface area contributed by atoms with Crippen molar-refractivity contribution in [3.63, 3.8) is 0 Å². The fourth-order valence-electron chi connectivity index (χ4n) is 3.06. The van der Waals surface area contributed by atoms with E-state index in [-0.39, 0.29) is 5.91 Å². The lowest BCUT2D eigenvalue weighted by Gasteiger charge is -2.07. The van der Waals surface area contributed by atoms with E-state index >= 15 is 0 Å². The van der Waals surface area contributed by atoms with E-state index in [9.17, 15) is 4.79 Å². The largest absolute Gasteiger partial charge is 0.384 e. The summed E-state index contributed by atoms with van der Waals surface area (Å²) in [4.78, 5) is 16.2. The molecule has 3 N–H and O–H groups in total. The second-order valence-electron chi connectivity index (χ2n) is 6.81. The molecule has 3 rings (SSSR count). The zero-order valence-electron chi connectivity index (χ0n) is 16.0. The molecule has 27 heavy (non-hydrogen) atoms. The third-order valence-electron chi connectivity index (χ3n) is 4.66. The lowest BCUT2D eigenvalue weighted by Crippen LogP contribution is -2.13. The average molecular weight is 363 g/mol. The Morgan fingerprint density at radius 1 is 1.11 bits per heavy atom. The zero-order valence-corrected chi connectivity index (χ0v) is 16.0. The fourth-order valence-corrected chi connectivity index (χ4v) is 3.06. The Morgan fingerprint density at radius 3 is 2.52 bits per heavy atom. The third kappa shape index (κ3) is 4.73. The van der Waals surface area contributed by atoms with Crippen LogP contribution in [0.4, 0.5) is 11.5 Å². The second-order valence-corrected chi connectivity index (χ2v) is 6.81. The number of benzene rings is 1. The van der Waals surface area contributed by atoms with E-state index in [0.717, 1.165) is 23.5 Å². The summed E-state index contributed by atoms with van der Waals surface area (Å²) in [6.07, 6.45) is 2.60.